The van der Waals surface area contributed by atoms with Crippen LogP contribution < -0.4 is 5.32 Å². The number of hydrogen-bond acceptors (Lipinski definition) is 2. The van der Waals surface area contributed by atoms with E-state index in [1.165, 1.54) is 5.56 Å². The smallest absolute Gasteiger partial charge is 0.179 e. The third kappa shape index (κ3) is 2.19. The highest BCUT2D eigenvalue weighted by molar-refractivity contribution is 9.12. The monoisotopic (exact) mass is 279 g/mol. The number of hydrogen-bond donors (Lipinski definition) is 1. The first-order valence-corrected chi connectivity index (χ1v) is 6.09. The van der Waals surface area contributed by atoms with E-state index in [1.54, 1.807) is 6.20 Å². The lowest BCUT2D eigenvalue weighted by molar-refractivity contribution is -0.123. The Bertz CT molecular complexity index is 427. The number of benzene rings is 1. The molecule has 0 aromatic heterocycles. The summed E-state index contributed by atoms with van der Waals surface area (Å²) in [5.74, 6) is 0.176. The van der Waals surface area contributed by atoms with E-state index in [2.05, 4.69) is 33.4 Å². The molecule has 1 aromatic rings. The van der Waals surface area contributed by atoms with E-state index in [4.69, 9.17) is 0 Å². The Balaban J connectivity index is 2.21. The standard InChI is InChI=1S/C13H14BrNO/c1-13(7-10-5-3-2-4-6-10)9-15-8-11(14)12(13)16/h2-6,8,15H,7,9H2,1H3. The summed E-state index contributed by atoms with van der Waals surface area (Å²) in [5.41, 5.74) is 0.844. The second-order valence-electron chi connectivity index (χ2n) is 4.43. The number of rotatable bonds is 2. The molecule has 16 heavy (non-hydrogen) atoms. The first kappa shape index (κ1) is 11.4. The maximum Gasteiger partial charge on any atom is 0.179 e. The van der Waals surface area contributed by atoms with Gasteiger partial charge < -0.3 is 5.32 Å². The molecule has 1 unspecified atom stereocenters. The zero-order chi connectivity index (χ0) is 11.6. The van der Waals surface area contributed by atoms with Crippen LogP contribution in [-0.2, 0) is 11.2 Å². The largest absolute Gasteiger partial charge is 0.389 e. The first-order chi connectivity index (χ1) is 7.62. The number of nitrogens with one attached hydrogen (secondary N) is 1. The first-order valence-electron chi connectivity index (χ1n) is 5.30. The number of ketones is 1. The van der Waals surface area contributed by atoms with Gasteiger partial charge in [-0.15, -0.1) is 0 Å². The van der Waals surface area contributed by atoms with Crippen molar-refractivity contribution >= 4 is 21.7 Å². The average Bonchev–Trinajstić information content (AvgIpc) is 2.27. The summed E-state index contributed by atoms with van der Waals surface area (Å²) in [5, 5.41) is 3.15. The maximum atomic E-state index is 12.1. The summed E-state index contributed by atoms with van der Waals surface area (Å²) in [7, 11) is 0. The van der Waals surface area contributed by atoms with Crippen molar-refractivity contribution in [2.24, 2.45) is 5.41 Å². The van der Waals surface area contributed by atoms with Gasteiger partial charge in [0.25, 0.3) is 0 Å². The molecule has 1 heterocycles. The molecule has 2 nitrogen and oxygen atoms in total. The SMILES string of the molecule is CC1(Cc2ccccc2)CNC=C(Br)C1=O. The minimum atomic E-state index is -0.352. The lowest BCUT2D eigenvalue weighted by Crippen LogP contribution is -2.42. The Hall–Kier alpha value is -1.09. The Labute approximate surface area is 104 Å². The van der Waals surface area contributed by atoms with Crippen LogP contribution in [0.4, 0.5) is 0 Å². The van der Waals surface area contributed by atoms with Crippen LogP contribution in [-0.4, -0.2) is 12.3 Å². The Kier molecular flexibility index (Phi) is 3.15. The summed E-state index contributed by atoms with van der Waals surface area (Å²) < 4.78 is 0.636. The summed E-state index contributed by atoms with van der Waals surface area (Å²) in [4.78, 5) is 12.1. The van der Waals surface area contributed by atoms with E-state index in [0.29, 0.717) is 11.0 Å². The Morgan fingerprint density at radius 3 is 2.75 bits per heavy atom. The summed E-state index contributed by atoms with van der Waals surface area (Å²) in [6, 6.07) is 10.1. The van der Waals surface area contributed by atoms with E-state index < -0.39 is 0 Å². The van der Waals surface area contributed by atoms with Crippen molar-refractivity contribution in [1.82, 2.24) is 5.32 Å². The van der Waals surface area contributed by atoms with Gasteiger partial charge in [0.05, 0.1) is 9.90 Å². The lowest BCUT2D eigenvalue weighted by Gasteiger charge is -2.31. The molecule has 84 valence electrons. The zero-order valence-corrected chi connectivity index (χ0v) is 10.8. The van der Waals surface area contributed by atoms with Crippen LogP contribution in [0, 0.1) is 5.41 Å². The van der Waals surface area contributed by atoms with Gasteiger partial charge in [-0.05, 0) is 27.9 Å². The van der Waals surface area contributed by atoms with Crippen molar-refractivity contribution in [2.45, 2.75) is 13.3 Å². The van der Waals surface area contributed by atoms with Gasteiger partial charge in [0.15, 0.2) is 5.78 Å². The molecule has 1 aliphatic rings. The lowest BCUT2D eigenvalue weighted by atomic mass is 9.78. The number of carbonyl (C=O) groups excluding carboxylic acids is 1. The topological polar surface area (TPSA) is 29.1 Å². The fourth-order valence-corrected chi connectivity index (χ4v) is 2.63. The number of allylic oxidation sites excluding steroid dienone is 1. The number of carbonyl (C=O) groups is 1. The molecule has 1 aliphatic heterocycles. The van der Waals surface area contributed by atoms with Crippen LogP contribution in [0.1, 0.15) is 12.5 Å². The summed E-state index contributed by atoms with van der Waals surface area (Å²) in [6.45, 7) is 2.69. The van der Waals surface area contributed by atoms with Gasteiger partial charge in [0.1, 0.15) is 0 Å². The molecule has 0 radical (unpaired) electrons. The van der Waals surface area contributed by atoms with Gasteiger partial charge in [-0.2, -0.15) is 0 Å². The molecule has 1 aromatic carbocycles. The fourth-order valence-electron chi connectivity index (χ4n) is 1.99. The van der Waals surface area contributed by atoms with Crippen LogP contribution in [0.5, 0.6) is 0 Å². The highest BCUT2D eigenvalue weighted by Crippen LogP contribution is 2.30. The van der Waals surface area contributed by atoms with Gasteiger partial charge in [-0.1, -0.05) is 37.3 Å². The van der Waals surface area contributed by atoms with Crippen molar-refractivity contribution in [2.75, 3.05) is 6.54 Å². The Morgan fingerprint density at radius 2 is 2.06 bits per heavy atom. The molecular formula is C13H14BrNO. The average molecular weight is 280 g/mol. The van der Waals surface area contributed by atoms with Crippen molar-refractivity contribution in [3.05, 3.63) is 46.6 Å². The van der Waals surface area contributed by atoms with E-state index in [9.17, 15) is 4.79 Å². The van der Waals surface area contributed by atoms with Gasteiger partial charge in [-0.25, -0.2) is 0 Å². The second-order valence-corrected chi connectivity index (χ2v) is 5.28. The van der Waals surface area contributed by atoms with Crippen LogP contribution in [0.2, 0.25) is 0 Å². The van der Waals surface area contributed by atoms with Crippen LogP contribution in [0.25, 0.3) is 0 Å². The molecule has 1 atom stereocenters. The van der Waals surface area contributed by atoms with Gasteiger partial charge >= 0.3 is 0 Å². The van der Waals surface area contributed by atoms with Crippen molar-refractivity contribution in [3.8, 4) is 0 Å². The van der Waals surface area contributed by atoms with Crippen LogP contribution >= 0.6 is 15.9 Å². The molecule has 2 rings (SSSR count). The van der Waals surface area contributed by atoms with Gasteiger partial charge in [-0.3, -0.25) is 4.79 Å². The van der Waals surface area contributed by atoms with Crippen molar-refractivity contribution in [3.63, 3.8) is 0 Å². The van der Waals surface area contributed by atoms with Crippen LogP contribution in [0.15, 0.2) is 41.0 Å². The third-order valence-electron chi connectivity index (χ3n) is 2.92. The molecule has 0 aliphatic carbocycles. The van der Waals surface area contributed by atoms with E-state index in [1.807, 2.05) is 25.1 Å². The minimum Gasteiger partial charge on any atom is -0.389 e. The van der Waals surface area contributed by atoms with Crippen LogP contribution in [0.3, 0.4) is 0 Å². The molecule has 3 heteroatoms. The van der Waals surface area contributed by atoms with E-state index in [0.717, 1.165) is 6.42 Å². The highest BCUT2D eigenvalue weighted by atomic mass is 79.9. The quantitative estimate of drug-likeness (QED) is 0.902. The summed E-state index contributed by atoms with van der Waals surface area (Å²) >= 11 is 3.29. The Morgan fingerprint density at radius 1 is 1.38 bits per heavy atom. The molecule has 0 bridgehead atoms. The normalized spacial score (nSPS) is 24.9. The van der Waals surface area contributed by atoms with Crippen molar-refractivity contribution < 1.29 is 4.79 Å². The second kappa shape index (κ2) is 4.42. The summed E-state index contributed by atoms with van der Waals surface area (Å²) in [6.07, 6.45) is 2.50. The fraction of sp³-hybridized carbons (Fsp3) is 0.308. The van der Waals surface area contributed by atoms with Gasteiger partial charge in [0, 0.05) is 12.7 Å². The molecule has 0 amide bonds. The zero-order valence-electron chi connectivity index (χ0n) is 9.16. The number of Topliss-reactive ketones (excluding diaryl/α,β-unsaturated/α-hetero) is 1. The van der Waals surface area contributed by atoms with Crippen molar-refractivity contribution in [1.29, 1.82) is 0 Å². The molecule has 1 N–H and O–H groups in total. The maximum absolute atomic E-state index is 12.1. The van der Waals surface area contributed by atoms with Gasteiger partial charge in [0.2, 0.25) is 0 Å². The molecule has 0 saturated carbocycles. The predicted molar refractivity (Wildman–Crippen MR) is 68.3 cm³/mol. The predicted octanol–water partition coefficient (Wildman–Crippen LogP) is 2.64. The number of halogens is 1. The third-order valence-corrected chi connectivity index (χ3v) is 3.51. The minimum absolute atomic E-state index is 0.176. The molecule has 0 spiro atoms. The highest BCUT2D eigenvalue weighted by Gasteiger charge is 2.36. The molecule has 0 saturated heterocycles. The molecular weight excluding hydrogens is 266 g/mol. The van der Waals surface area contributed by atoms with E-state index >= 15 is 0 Å². The van der Waals surface area contributed by atoms with E-state index in [-0.39, 0.29) is 11.2 Å². The molecule has 0 fully saturated rings.